The van der Waals surface area contributed by atoms with E-state index in [0.29, 0.717) is 0 Å². The van der Waals surface area contributed by atoms with Crippen molar-refractivity contribution >= 4 is 17.4 Å². The van der Waals surface area contributed by atoms with Crippen LogP contribution in [0.5, 0.6) is 0 Å². The summed E-state index contributed by atoms with van der Waals surface area (Å²) in [6, 6.07) is 0. The summed E-state index contributed by atoms with van der Waals surface area (Å²) in [5, 5.41) is 0. The van der Waals surface area contributed by atoms with Crippen LogP contribution < -0.4 is 0 Å². The second kappa shape index (κ2) is 5.49. The molecule has 0 heterocycles. The summed E-state index contributed by atoms with van der Waals surface area (Å²) in [6.07, 6.45) is 0. The number of halogens is 1. The summed E-state index contributed by atoms with van der Waals surface area (Å²) in [7, 11) is 0. The third kappa shape index (κ3) is 8.82. The molecule has 0 aromatic rings. The van der Waals surface area contributed by atoms with E-state index in [0.717, 1.165) is 5.88 Å². The van der Waals surface area contributed by atoms with Crippen LogP contribution in [0.15, 0.2) is 0 Å². The molecule has 1 nitrogen and oxygen atoms in total. The minimum atomic E-state index is -0.105. The van der Waals surface area contributed by atoms with Gasteiger partial charge in [-0.25, -0.2) is 5.88 Å². The van der Waals surface area contributed by atoms with Crippen molar-refractivity contribution in [3.05, 3.63) is 5.88 Å². The normalized spacial score (nSPS) is 5.67. The molecule has 0 aliphatic rings. The van der Waals surface area contributed by atoms with Gasteiger partial charge in [0.05, 0.1) is 0 Å². The summed E-state index contributed by atoms with van der Waals surface area (Å²) >= 11 is 4.86. The van der Waals surface area contributed by atoms with E-state index in [2.05, 4.69) is 0 Å². The smallest absolute Gasteiger partial charge is 0.00920 e. The van der Waals surface area contributed by atoms with Gasteiger partial charge in [-0.3, -0.25) is 0 Å². The summed E-state index contributed by atoms with van der Waals surface area (Å²) in [5.74, 6) is 0.895. The Morgan fingerprint density at radius 1 is 1.83 bits per heavy atom. The second-order valence-electron chi connectivity index (χ2n) is 0.720. The van der Waals surface area contributed by atoms with E-state index in [1.807, 2.05) is 0 Å². The molecule has 0 amide bonds. The summed E-state index contributed by atoms with van der Waals surface area (Å²) < 4.78 is 0. The molecule has 6 heavy (non-hydrogen) atoms. The number of hydrogen-bond donors (Lipinski definition) is 0. The van der Waals surface area contributed by atoms with E-state index in [4.69, 9.17) is 11.6 Å². The van der Waals surface area contributed by atoms with Gasteiger partial charge in [-0.2, -0.15) is 0 Å². The van der Waals surface area contributed by atoms with E-state index in [-0.39, 0.29) is 26.2 Å². The van der Waals surface area contributed by atoms with Crippen molar-refractivity contribution in [2.75, 3.05) is 0 Å². The average molecular weight is 198 g/mol. The van der Waals surface area contributed by atoms with Gasteiger partial charge in [0, 0.05) is 26.2 Å². The Balaban J connectivity index is 0. The van der Waals surface area contributed by atoms with Gasteiger partial charge in [-0.15, -0.1) is 0 Å². The van der Waals surface area contributed by atoms with Gasteiger partial charge in [-0.05, 0) is 6.92 Å². The van der Waals surface area contributed by atoms with E-state index in [1.165, 1.54) is 6.92 Å². The van der Waals surface area contributed by atoms with E-state index in [9.17, 15) is 4.79 Å². The minimum absolute atomic E-state index is 0. The van der Waals surface area contributed by atoms with Crippen LogP contribution in [0.4, 0.5) is 0 Å². The molecule has 0 atom stereocenters. The Labute approximate surface area is 55.7 Å². The predicted octanol–water partition coefficient (Wildman–Crippen LogP) is 0.973. The van der Waals surface area contributed by atoms with Crippen molar-refractivity contribution in [2.45, 2.75) is 6.92 Å². The zero-order valence-electron chi connectivity index (χ0n) is 3.18. The second-order valence-corrected chi connectivity index (χ2v) is 0.938. The molecule has 0 bridgehead atoms. The van der Waals surface area contributed by atoms with Crippen LogP contribution in [0.3, 0.4) is 0 Å². The first-order valence-corrected chi connectivity index (χ1v) is 1.65. The van der Waals surface area contributed by atoms with Gasteiger partial charge in [0.1, 0.15) is 0 Å². The van der Waals surface area contributed by atoms with Crippen LogP contribution in [-0.2, 0) is 25.2 Å². The van der Waals surface area contributed by atoms with Gasteiger partial charge in [0.25, 0.3) is 0 Å². The molecule has 40 valence electrons. The maximum absolute atomic E-state index is 9.62. The van der Waals surface area contributed by atoms with E-state index in [1.54, 1.807) is 0 Å². The Morgan fingerprint density at radius 2 is 2.00 bits per heavy atom. The monoisotopic (exact) mass is 197 g/mol. The Kier molecular flexibility index (Phi) is 8.88. The zero-order valence-corrected chi connectivity index (χ0v) is 5.49. The van der Waals surface area contributed by atoms with Gasteiger partial charge < -0.3 is 16.4 Å². The number of Topliss-reactive ketones (excluding diaryl/α,β-unsaturated/α-hetero) is 1. The number of carbonyl (C=O) groups excluding carboxylic acids is 1. The molecule has 0 rings (SSSR count). The molecule has 0 saturated heterocycles. The van der Waals surface area contributed by atoms with Crippen molar-refractivity contribution in [2.24, 2.45) is 0 Å². The first kappa shape index (κ1) is 9.70. The zero-order chi connectivity index (χ0) is 4.28. The Morgan fingerprint density at radius 3 is 2.00 bits per heavy atom. The standard InChI is InChI=1S/C3H4ClO.Pd/c1-3(5)2-4;/h2H,1H3;/q-1;. The molecule has 0 aromatic carbocycles. The Hall–Kier alpha value is 0.492. The molecule has 0 radical (unpaired) electrons. The van der Waals surface area contributed by atoms with Crippen LogP contribution in [0.25, 0.3) is 0 Å². The molecular weight excluding hydrogens is 194 g/mol. The van der Waals surface area contributed by atoms with Crippen LogP contribution in [0.1, 0.15) is 6.92 Å². The summed E-state index contributed by atoms with van der Waals surface area (Å²) in [6.45, 7) is 1.40. The fraction of sp³-hybridized carbons (Fsp3) is 0.333. The number of hydrogen-bond acceptors (Lipinski definition) is 1. The maximum atomic E-state index is 9.62. The molecule has 0 unspecified atom stereocenters. The maximum Gasteiger partial charge on any atom is 0.00920 e. The quantitative estimate of drug-likeness (QED) is 0.453. The first-order chi connectivity index (χ1) is 2.27. The molecular formula is C3H4ClOPd-. The van der Waals surface area contributed by atoms with Crippen molar-refractivity contribution in [3.63, 3.8) is 0 Å². The van der Waals surface area contributed by atoms with Crippen molar-refractivity contribution in [1.82, 2.24) is 0 Å². The van der Waals surface area contributed by atoms with Crippen molar-refractivity contribution in [3.8, 4) is 0 Å². The molecule has 0 aromatic heterocycles. The fourth-order valence-electron chi connectivity index (χ4n) is 0. The van der Waals surface area contributed by atoms with Crippen molar-refractivity contribution < 1.29 is 25.2 Å². The SMILES string of the molecule is CC(=O)[CH-]Cl.[Pd]. The van der Waals surface area contributed by atoms with E-state index < -0.39 is 0 Å². The molecule has 0 spiro atoms. The van der Waals surface area contributed by atoms with Gasteiger partial charge in [-0.1, -0.05) is 0 Å². The van der Waals surface area contributed by atoms with Gasteiger partial charge >= 0.3 is 0 Å². The summed E-state index contributed by atoms with van der Waals surface area (Å²) in [5.41, 5.74) is 0. The van der Waals surface area contributed by atoms with E-state index >= 15 is 0 Å². The minimum Gasteiger partial charge on any atom is -0.334 e. The molecule has 0 fully saturated rings. The fourth-order valence-corrected chi connectivity index (χ4v) is 0. The van der Waals surface area contributed by atoms with Crippen LogP contribution >= 0.6 is 11.6 Å². The molecule has 3 heteroatoms. The topological polar surface area (TPSA) is 17.1 Å². The number of ketones is 1. The largest absolute Gasteiger partial charge is 0.334 e. The van der Waals surface area contributed by atoms with Crippen LogP contribution in [-0.4, -0.2) is 5.78 Å². The number of carbonyl (C=O) groups is 1. The van der Waals surface area contributed by atoms with Crippen LogP contribution in [0, 0.1) is 5.88 Å². The van der Waals surface area contributed by atoms with Gasteiger partial charge in [0.2, 0.25) is 0 Å². The third-order valence-electron chi connectivity index (χ3n) is 0.154. The van der Waals surface area contributed by atoms with Crippen LogP contribution in [0.2, 0.25) is 0 Å². The molecule has 0 N–H and O–H groups in total. The Bertz CT molecular complexity index is 46.1. The average Bonchev–Trinajstić information content (AvgIpc) is 1.38. The van der Waals surface area contributed by atoms with Crippen molar-refractivity contribution in [1.29, 1.82) is 0 Å². The molecule has 0 saturated carbocycles. The summed E-state index contributed by atoms with van der Waals surface area (Å²) in [4.78, 5) is 9.62. The van der Waals surface area contributed by atoms with Gasteiger partial charge in [0.15, 0.2) is 0 Å². The molecule has 0 aliphatic heterocycles. The number of rotatable bonds is 1. The third-order valence-corrected chi connectivity index (χ3v) is 0.461. The molecule has 0 aliphatic carbocycles. The first-order valence-electron chi connectivity index (χ1n) is 1.21. The predicted molar refractivity (Wildman–Crippen MR) is 20.8 cm³/mol.